The van der Waals surface area contributed by atoms with Gasteiger partial charge in [-0.05, 0) is 37.0 Å². The van der Waals surface area contributed by atoms with Crippen LogP contribution in [0.15, 0.2) is 48.5 Å². The van der Waals surface area contributed by atoms with Crippen LogP contribution in [0.5, 0.6) is 5.75 Å². The van der Waals surface area contributed by atoms with Gasteiger partial charge in [0, 0.05) is 24.3 Å². The van der Waals surface area contributed by atoms with Crippen molar-refractivity contribution in [3.8, 4) is 5.75 Å². The molecule has 0 radical (unpaired) electrons. The summed E-state index contributed by atoms with van der Waals surface area (Å²) in [5.41, 5.74) is 2.88. The monoisotopic (exact) mass is 360 g/mol. The summed E-state index contributed by atoms with van der Waals surface area (Å²) in [6, 6.07) is 14.6. The van der Waals surface area contributed by atoms with Gasteiger partial charge in [-0.1, -0.05) is 36.4 Å². The summed E-state index contributed by atoms with van der Waals surface area (Å²) >= 11 is 0. The molecule has 0 saturated heterocycles. The second-order valence-corrected chi connectivity index (χ2v) is 6.27. The zero-order valence-corrected chi connectivity index (χ0v) is 14.5. The number of hydrogen-bond acceptors (Lipinski definition) is 3. The minimum atomic E-state index is -2.89. The van der Waals surface area contributed by atoms with Crippen molar-refractivity contribution in [3.63, 3.8) is 0 Å². The number of carbonyl (C=O) groups is 1. The summed E-state index contributed by atoms with van der Waals surface area (Å²) in [7, 11) is 0. The summed E-state index contributed by atoms with van der Waals surface area (Å²) in [5.74, 6) is -0.0588. The molecule has 1 aliphatic heterocycles. The molecular formula is C20H22F2N2O2. The van der Waals surface area contributed by atoms with Gasteiger partial charge in [-0.25, -0.2) is 0 Å². The lowest BCUT2D eigenvalue weighted by molar-refractivity contribution is -0.119. The fourth-order valence-corrected chi connectivity index (χ4v) is 3.22. The topological polar surface area (TPSA) is 41.6 Å². The van der Waals surface area contributed by atoms with E-state index < -0.39 is 6.61 Å². The molecule has 0 aromatic heterocycles. The van der Waals surface area contributed by atoms with E-state index in [-0.39, 0.29) is 24.7 Å². The van der Waals surface area contributed by atoms with Crippen molar-refractivity contribution in [3.05, 3.63) is 59.7 Å². The first-order chi connectivity index (χ1) is 12.6. The zero-order valence-electron chi connectivity index (χ0n) is 14.5. The maximum atomic E-state index is 12.5. The highest BCUT2D eigenvalue weighted by atomic mass is 19.3. The molecule has 0 fully saturated rings. The van der Waals surface area contributed by atoms with Crippen LogP contribution >= 0.6 is 0 Å². The summed E-state index contributed by atoms with van der Waals surface area (Å²) < 4.78 is 29.4. The van der Waals surface area contributed by atoms with Crippen LogP contribution in [0.2, 0.25) is 0 Å². The Hall–Kier alpha value is -2.63. The van der Waals surface area contributed by atoms with Crippen LogP contribution in [0.4, 0.5) is 14.5 Å². The number of ether oxygens (including phenoxy) is 1. The maximum absolute atomic E-state index is 12.5. The van der Waals surface area contributed by atoms with E-state index in [9.17, 15) is 13.6 Å². The number of anilines is 1. The molecule has 0 saturated carbocycles. The van der Waals surface area contributed by atoms with E-state index in [2.05, 4.69) is 21.0 Å². The van der Waals surface area contributed by atoms with Gasteiger partial charge in [-0.3, -0.25) is 4.79 Å². The van der Waals surface area contributed by atoms with E-state index in [1.807, 2.05) is 18.2 Å². The van der Waals surface area contributed by atoms with Crippen LogP contribution in [0, 0.1) is 0 Å². The second-order valence-electron chi connectivity index (χ2n) is 6.27. The number of amides is 1. The number of aryl methyl sites for hydroxylation is 1. The maximum Gasteiger partial charge on any atom is 0.387 e. The van der Waals surface area contributed by atoms with Crippen molar-refractivity contribution in [2.45, 2.75) is 32.4 Å². The summed E-state index contributed by atoms with van der Waals surface area (Å²) in [6.07, 6.45) is 3.16. The molecule has 0 spiro atoms. The largest absolute Gasteiger partial charge is 0.434 e. The van der Waals surface area contributed by atoms with E-state index in [4.69, 9.17) is 0 Å². The minimum Gasteiger partial charge on any atom is -0.434 e. The minimum absolute atomic E-state index is 0.0860. The van der Waals surface area contributed by atoms with Crippen molar-refractivity contribution in [1.82, 2.24) is 5.32 Å². The smallest absolute Gasteiger partial charge is 0.387 e. The fraction of sp³-hybridized carbons (Fsp3) is 0.350. The number of nitrogens with one attached hydrogen (secondary N) is 1. The first-order valence-electron chi connectivity index (χ1n) is 8.76. The molecule has 0 atom stereocenters. The number of rotatable bonds is 6. The average molecular weight is 360 g/mol. The van der Waals surface area contributed by atoms with E-state index in [0.717, 1.165) is 31.5 Å². The molecule has 1 N–H and O–H groups in total. The normalized spacial score (nSPS) is 13.9. The van der Waals surface area contributed by atoms with E-state index in [1.165, 1.54) is 11.6 Å². The third kappa shape index (κ3) is 4.71. The van der Waals surface area contributed by atoms with Crippen molar-refractivity contribution < 1.29 is 18.3 Å². The molecule has 0 unspecified atom stereocenters. The summed E-state index contributed by atoms with van der Waals surface area (Å²) in [4.78, 5) is 14.5. The Morgan fingerprint density at radius 2 is 1.88 bits per heavy atom. The summed E-state index contributed by atoms with van der Waals surface area (Å²) in [5, 5.41) is 2.81. The Morgan fingerprint density at radius 3 is 2.73 bits per heavy atom. The SMILES string of the molecule is O=C(CN1CCCCc2ccccc21)NCc1ccccc1OC(F)F. The number of para-hydroxylation sites is 2. The highest BCUT2D eigenvalue weighted by Gasteiger charge is 2.17. The molecule has 1 amide bonds. The Kier molecular flexibility index (Phi) is 6.04. The van der Waals surface area contributed by atoms with Crippen LogP contribution in [0.1, 0.15) is 24.0 Å². The molecule has 0 aliphatic carbocycles. The Balaban J connectivity index is 1.62. The lowest BCUT2D eigenvalue weighted by Crippen LogP contribution is -2.37. The van der Waals surface area contributed by atoms with Crippen LogP contribution in [-0.2, 0) is 17.8 Å². The van der Waals surface area contributed by atoms with Gasteiger partial charge in [0.05, 0.1) is 6.54 Å². The van der Waals surface area contributed by atoms with Crippen LogP contribution in [0.25, 0.3) is 0 Å². The second kappa shape index (κ2) is 8.65. The van der Waals surface area contributed by atoms with Gasteiger partial charge in [0.2, 0.25) is 5.91 Å². The molecule has 2 aromatic carbocycles. The lowest BCUT2D eigenvalue weighted by Gasteiger charge is -2.24. The van der Waals surface area contributed by atoms with Gasteiger partial charge in [0.1, 0.15) is 5.75 Å². The molecule has 1 aliphatic rings. The van der Waals surface area contributed by atoms with Crippen LogP contribution in [0.3, 0.4) is 0 Å². The first kappa shape index (κ1) is 18.2. The van der Waals surface area contributed by atoms with Crippen molar-refractivity contribution >= 4 is 11.6 Å². The van der Waals surface area contributed by atoms with E-state index in [0.29, 0.717) is 5.56 Å². The van der Waals surface area contributed by atoms with Gasteiger partial charge >= 0.3 is 6.61 Å². The highest BCUT2D eigenvalue weighted by molar-refractivity contribution is 5.81. The number of benzene rings is 2. The molecule has 138 valence electrons. The fourth-order valence-electron chi connectivity index (χ4n) is 3.22. The quantitative estimate of drug-likeness (QED) is 0.853. The molecule has 26 heavy (non-hydrogen) atoms. The molecule has 2 aromatic rings. The third-order valence-corrected chi connectivity index (χ3v) is 4.46. The first-order valence-corrected chi connectivity index (χ1v) is 8.76. The zero-order chi connectivity index (χ0) is 18.4. The van der Waals surface area contributed by atoms with E-state index >= 15 is 0 Å². The Morgan fingerprint density at radius 1 is 1.12 bits per heavy atom. The number of carbonyl (C=O) groups excluding carboxylic acids is 1. The van der Waals surface area contributed by atoms with Gasteiger partial charge in [0.15, 0.2) is 0 Å². The number of halogens is 2. The summed E-state index contributed by atoms with van der Waals surface area (Å²) in [6.45, 7) is -1.66. The predicted molar refractivity (Wildman–Crippen MR) is 96.5 cm³/mol. The number of hydrogen-bond donors (Lipinski definition) is 1. The highest BCUT2D eigenvalue weighted by Crippen LogP contribution is 2.25. The van der Waals surface area contributed by atoms with Gasteiger partial charge < -0.3 is 15.0 Å². The molecule has 3 rings (SSSR count). The molecule has 1 heterocycles. The Labute approximate surface area is 151 Å². The van der Waals surface area contributed by atoms with Crippen molar-refractivity contribution in [1.29, 1.82) is 0 Å². The Bertz CT molecular complexity index is 752. The average Bonchev–Trinajstić information content (AvgIpc) is 2.83. The number of fused-ring (bicyclic) bond motifs is 1. The van der Waals surface area contributed by atoms with Crippen molar-refractivity contribution in [2.75, 3.05) is 18.0 Å². The number of nitrogens with zero attached hydrogens (tertiary/aromatic N) is 1. The molecule has 0 bridgehead atoms. The lowest BCUT2D eigenvalue weighted by atomic mass is 10.1. The third-order valence-electron chi connectivity index (χ3n) is 4.46. The molecule has 4 nitrogen and oxygen atoms in total. The molecule has 6 heteroatoms. The van der Waals surface area contributed by atoms with Gasteiger partial charge in [-0.15, -0.1) is 0 Å². The molecular weight excluding hydrogens is 338 g/mol. The predicted octanol–water partition coefficient (Wildman–Crippen LogP) is 3.75. The number of alkyl halides is 2. The van der Waals surface area contributed by atoms with Gasteiger partial charge in [-0.2, -0.15) is 8.78 Å². The van der Waals surface area contributed by atoms with Crippen molar-refractivity contribution in [2.24, 2.45) is 0 Å². The van der Waals surface area contributed by atoms with Crippen LogP contribution < -0.4 is 15.0 Å². The van der Waals surface area contributed by atoms with E-state index in [1.54, 1.807) is 18.2 Å². The standard InChI is InChI=1S/C20H22F2N2O2/c21-20(22)26-18-11-4-2-9-16(18)13-23-19(25)14-24-12-6-5-8-15-7-1-3-10-17(15)24/h1-4,7,9-11,20H,5-6,8,12-14H2,(H,23,25). The van der Waals surface area contributed by atoms with Gasteiger partial charge in [0.25, 0.3) is 0 Å². The van der Waals surface area contributed by atoms with Crippen LogP contribution in [-0.4, -0.2) is 25.6 Å².